The van der Waals surface area contributed by atoms with Gasteiger partial charge in [0.1, 0.15) is 5.82 Å². The number of rotatable bonds is 8. The number of benzene rings is 1. The van der Waals surface area contributed by atoms with Gasteiger partial charge in [-0.15, -0.1) is 10.8 Å². The van der Waals surface area contributed by atoms with Crippen molar-refractivity contribution >= 4 is 35.4 Å². The molecule has 0 unspecified atom stereocenters. The molecule has 1 aliphatic carbocycles. The van der Waals surface area contributed by atoms with Crippen molar-refractivity contribution in [2.24, 2.45) is 10.9 Å². The van der Waals surface area contributed by atoms with Gasteiger partial charge in [0.2, 0.25) is 0 Å². The predicted molar refractivity (Wildman–Crippen MR) is 147 cm³/mol. The summed E-state index contributed by atoms with van der Waals surface area (Å²) in [5.41, 5.74) is 8.86. The fourth-order valence-electron chi connectivity index (χ4n) is 5.36. The van der Waals surface area contributed by atoms with Crippen molar-refractivity contribution in [3.63, 3.8) is 0 Å². The van der Waals surface area contributed by atoms with E-state index < -0.39 is 0 Å². The van der Waals surface area contributed by atoms with Crippen LogP contribution < -0.4 is 10.6 Å². The van der Waals surface area contributed by atoms with Gasteiger partial charge in [-0.2, -0.15) is 0 Å². The van der Waals surface area contributed by atoms with E-state index in [1.54, 1.807) is 17.1 Å². The Bertz CT molecular complexity index is 1250. The van der Waals surface area contributed by atoms with E-state index in [2.05, 4.69) is 70.4 Å². The van der Waals surface area contributed by atoms with Crippen LogP contribution in [0.2, 0.25) is 0 Å². The average molecular weight is 485 g/mol. The molecule has 0 bridgehead atoms. The first kappa shape index (κ1) is 23.9. The van der Waals surface area contributed by atoms with Crippen LogP contribution in [0.5, 0.6) is 0 Å². The summed E-state index contributed by atoms with van der Waals surface area (Å²) >= 11 is 0. The van der Waals surface area contributed by atoms with Crippen molar-refractivity contribution in [1.82, 2.24) is 14.7 Å². The van der Waals surface area contributed by atoms with E-state index in [0.29, 0.717) is 24.8 Å². The molecule has 0 atom stereocenters. The number of halogens is 1. The Balaban J connectivity index is 1.47. The van der Waals surface area contributed by atoms with Gasteiger partial charge in [0.15, 0.2) is 5.82 Å². The third-order valence-corrected chi connectivity index (χ3v) is 7.32. The number of alkyl halides is 1. The highest BCUT2D eigenvalue weighted by molar-refractivity contribution is 5.94. The average Bonchev–Trinajstić information content (AvgIpc) is 3.25. The van der Waals surface area contributed by atoms with E-state index in [0.717, 1.165) is 34.0 Å². The van der Waals surface area contributed by atoms with Crippen LogP contribution in [0.1, 0.15) is 54.7 Å². The topological polar surface area (TPSA) is 57.5 Å². The van der Waals surface area contributed by atoms with Gasteiger partial charge in [-0.1, -0.05) is 56.7 Å². The van der Waals surface area contributed by atoms with E-state index >= 15 is 0 Å². The fraction of sp³-hybridized carbons (Fsp3) is 0.345. The van der Waals surface area contributed by atoms with Gasteiger partial charge in [0.25, 0.3) is 0 Å². The third-order valence-electron chi connectivity index (χ3n) is 7.32. The molecule has 36 heavy (non-hydrogen) atoms. The first-order valence-corrected chi connectivity index (χ1v) is 12.6. The van der Waals surface area contributed by atoms with Gasteiger partial charge >= 0.3 is 0 Å². The van der Waals surface area contributed by atoms with Crippen LogP contribution in [0.4, 0.5) is 16.0 Å². The molecule has 2 N–H and O–H groups in total. The molecule has 7 heteroatoms. The molecule has 2 aromatic rings. The summed E-state index contributed by atoms with van der Waals surface area (Å²) in [6.45, 7) is 12.6. The molecule has 2 fully saturated rings. The number of aromatic nitrogens is 2. The minimum absolute atomic E-state index is 0.0297. The quantitative estimate of drug-likeness (QED) is 0.333. The second-order valence-corrected chi connectivity index (χ2v) is 9.71. The van der Waals surface area contributed by atoms with Crippen molar-refractivity contribution in [3.05, 3.63) is 78.3 Å². The molecule has 0 spiro atoms. The first-order valence-electron chi connectivity index (χ1n) is 12.6. The number of hydrogen-bond acceptors (Lipinski definition) is 5. The highest BCUT2D eigenvalue weighted by Gasteiger charge is 2.34. The second kappa shape index (κ2) is 10.4. The summed E-state index contributed by atoms with van der Waals surface area (Å²) in [7, 11) is 0. The number of likely N-dealkylation sites (tertiary alicyclic amines) is 1. The minimum Gasteiger partial charge on any atom is -0.364 e. The van der Waals surface area contributed by atoms with Gasteiger partial charge < -0.3 is 15.5 Å². The first-order chi connectivity index (χ1) is 17.6. The SMILES string of the molecule is C=C=C(c1c(N/C=C\N=C)nn2c1NC(c1ccc(C3CCCCC3)cc1)=CC2=C)N1CC(CF)C1. The van der Waals surface area contributed by atoms with E-state index in [1.807, 2.05) is 6.08 Å². The molecule has 5 rings (SSSR count). The van der Waals surface area contributed by atoms with E-state index in [1.165, 1.54) is 37.7 Å². The Hall–Kier alpha value is -3.83. The zero-order chi connectivity index (χ0) is 25.1. The summed E-state index contributed by atoms with van der Waals surface area (Å²) in [6, 6.07) is 8.89. The lowest BCUT2D eigenvalue weighted by Crippen LogP contribution is -2.46. The summed E-state index contributed by atoms with van der Waals surface area (Å²) in [4.78, 5) is 5.84. The Morgan fingerprint density at radius 2 is 1.97 bits per heavy atom. The monoisotopic (exact) mass is 484 g/mol. The highest BCUT2D eigenvalue weighted by atomic mass is 19.1. The molecule has 3 aliphatic rings. The highest BCUT2D eigenvalue weighted by Crippen LogP contribution is 2.41. The second-order valence-electron chi connectivity index (χ2n) is 9.71. The van der Waals surface area contributed by atoms with E-state index in [4.69, 9.17) is 5.10 Å². The Kier molecular flexibility index (Phi) is 6.92. The normalized spacial score (nSPS) is 18.2. The van der Waals surface area contributed by atoms with E-state index in [-0.39, 0.29) is 12.6 Å². The summed E-state index contributed by atoms with van der Waals surface area (Å²) in [5, 5.41) is 11.5. The lowest BCUT2D eigenvalue weighted by molar-refractivity contribution is 0.143. The predicted octanol–water partition coefficient (Wildman–Crippen LogP) is 6.48. The lowest BCUT2D eigenvalue weighted by Gasteiger charge is -2.40. The van der Waals surface area contributed by atoms with Crippen LogP contribution in [-0.4, -0.2) is 41.2 Å². The number of aliphatic imine (C=N–C) groups is 1. The maximum absolute atomic E-state index is 13.2. The van der Waals surface area contributed by atoms with Gasteiger partial charge in [0.05, 0.1) is 23.6 Å². The van der Waals surface area contributed by atoms with Crippen molar-refractivity contribution in [2.75, 3.05) is 30.4 Å². The largest absolute Gasteiger partial charge is 0.364 e. The zero-order valence-electron chi connectivity index (χ0n) is 20.6. The molecular weight excluding hydrogens is 451 g/mol. The van der Waals surface area contributed by atoms with Gasteiger partial charge in [-0.05, 0) is 42.7 Å². The van der Waals surface area contributed by atoms with Crippen molar-refractivity contribution in [3.8, 4) is 0 Å². The number of nitrogens with zero attached hydrogens (tertiary/aromatic N) is 4. The molecule has 2 aliphatic heterocycles. The standard InChI is InChI=1S/C29H33FN6/c1-4-26(35-18-21(17-30)19-35)27-28(32-15-14-31-3)34-36-20(2)16-25(33-29(27)36)24-12-10-23(11-13-24)22-8-6-5-7-9-22/h10-16,21-22,33H,1-3,5-9,17-19H2,(H,32,34)/b15-14-. The van der Waals surface area contributed by atoms with Crippen LogP contribution in [0.15, 0.2) is 66.6 Å². The molecule has 0 amide bonds. The molecule has 3 heterocycles. The molecule has 1 saturated carbocycles. The number of nitrogens with one attached hydrogen (secondary N) is 2. The van der Waals surface area contributed by atoms with Crippen LogP contribution in [0, 0.1) is 5.92 Å². The van der Waals surface area contributed by atoms with Gasteiger partial charge in [0, 0.05) is 37.1 Å². The molecule has 0 radical (unpaired) electrons. The maximum atomic E-state index is 13.2. The summed E-state index contributed by atoms with van der Waals surface area (Å²) in [5.74, 6) is 2.07. The number of hydrogen-bond donors (Lipinski definition) is 2. The van der Waals surface area contributed by atoms with Crippen molar-refractivity contribution in [1.29, 1.82) is 0 Å². The van der Waals surface area contributed by atoms with Crippen LogP contribution in [-0.2, 0) is 0 Å². The van der Waals surface area contributed by atoms with Gasteiger partial charge in [-0.3, -0.25) is 9.38 Å². The Morgan fingerprint density at radius 1 is 1.22 bits per heavy atom. The van der Waals surface area contributed by atoms with Crippen molar-refractivity contribution in [2.45, 2.75) is 38.0 Å². The van der Waals surface area contributed by atoms with Crippen LogP contribution in [0.25, 0.3) is 17.1 Å². The summed E-state index contributed by atoms with van der Waals surface area (Å²) < 4.78 is 14.9. The smallest absolute Gasteiger partial charge is 0.164 e. The Labute approximate surface area is 212 Å². The van der Waals surface area contributed by atoms with Crippen molar-refractivity contribution < 1.29 is 4.39 Å². The molecule has 1 aromatic heterocycles. The van der Waals surface area contributed by atoms with Crippen LogP contribution in [0.3, 0.4) is 0 Å². The fourth-order valence-corrected chi connectivity index (χ4v) is 5.36. The van der Waals surface area contributed by atoms with Crippen LogP contribution >= 0.6 is 0 Å². The summed E-state index contributed by atoms with van der Waals surface area (Å²) in [6.07, 6.45) is 11.8. The third kappa shape index (κ3) is 4.54. The molecule has 6 nitrogen and oxygen atoms in total. The number of anilines is 2. The molecular formula is C29H33FN6. The molecule has 186 valence electrons. The lowest BCUT2D eigenvalue weighted by atomic mass is 9.84. The molecule has 1 aromatic carbocycles. The Morgan fingerprint density at radius 3 is 2.64 bits per heavy atom. The minimum atomic E-state index is -0.329. The number of fused-ring (bicyclic) bond motifs is 1. The van der Waals surface area contributed by atoms with Gasteiger partial charge in [-0.25, -0.2) is 4.68 Å². The number of allylic oxidation sites excluding steroid dienone is 2. The molecule has 1 saturated heterocycles. The van der Waals surface area contributed by atoms with E-state index in [9.17, 15) is 4.39 Å². The zero-order valence-corrected chi connectivity index (χ0v) is 20.6. The maximum Gasteiger partial charge on any atom is 0.164 e.